The van der Waals surface area contributed by atoms with Crippen LogP contribution in [0.1, 0.15) is 31.2 Å². The largest absolute Gasteiger partial charge is 0.383 e. The summed E-state index contributed by atoms with van der Waals surface area (Å²) in [6, 6.07) is 0. The van der Waals surface area contributed by atoms with E-state index in [1.54, 1.807) is 7.11 Å². The second-order valence-electron chi connectivity index (χ2n) is 5.18. The number of rotatable bonds is 5. The van der Waals surface area contributed by atoms with E-state index in [1.807, 2.05) is 17.1 Å². The van der Waals surface area contributed by atoms with Crippen LogP contribution < -0.4 is 5.73 Å². The zero-order valence-corrected chi connectivity index (χ0v) is 12.3. The quantitative estimate of drug-likeness (QED) is 0.650. The summed E-state index contributed by atoms with van der Waals surface area (Å²) in [5.41, 5.74) is 7.16. The molecule has 0 aliphatic carbocycles. The van der Waals surface area contributed by atoms with Crippen LogP contribution in [0.2, 0.25) is 0 Å². The molecule has 1 aromatic heterocycles. The van der Waals surface area contributed by atoms with E-state index in [0.29, 0.717) is 19.1 Å². The van der Waals surface area contributed by atoms with Gasteiger partial charge in [0.25, 0.3) is 0 Å². The van der Waals surface area contributed by atoms with E-state index >= 15 is 0 Å². The minimum Gasteiger partial charge on any atom is -0.383 e. The van der Waals surface area contributed by atoms with Crippen LogP contribution in [-0.4, -0.2) is 47.4 Å². The van der Waals surface area contributed by atoms with Gasteiger partial charge in [0.05, 0.1) is 25.9 Å². The van der Waals surface area contributed by atoms with Crippen molar-refractivity contribution in [3.63, 3.8) is 0 Å². The van der Waals surface area contributed by atoms with Crippen molar-refractivity contribution in [3.8, 4) is 0 Å². The Morgan fingerprint density at radius 2 is 2.10 bits per heavy atom. The van der Waals surface area contributed by atoms with E-state index in [1.165, 1.54) is 25.7 Å². The molecule has 6 nitrogen and oxygen atoms in total. The van der Waals surface area contributed by atoms with Crippen molar-refractivity contribution in [1.29, 1.82) is 0 Å². The fourth-order valence-electron chi connectivity index (χ4n) is 2.37. The number of aliphatic imine (C=N–C) groups is 1. The summed E-state index contributed by atoms with van der Waals surface area (Å²) in [6.45, 7) is 4.09. The average Bonchev–Trinajstić information content (AvgIpc) is 2.73. The first kappa shape index (κ1) is 14.8. The van der Waals surface area contributed by atoms with E-state index in [-0.39, 0.29) is 0 Å². The number of guanidine groups is 1. The van der Waals surface area contributed by atoms with Crippen molar-refractivity contribution in [1.82, 2.24) is 14.7 Å². The lowest BCUT2D eigenvalue weighted by Gasteiger charge is -2.20. The number of aromatic nitrogens is 2. The highest BCUT2D eigenvalue weighted by atomic mass is 16.5. The number of nitrogens with zero attached hydrogens (tertiary/aromatic N) is 4. The maximum Gasteiger partial charge on any atom is 0.191 e. The molecule has 1 aliphatic heterocycles. The van der Waals surface area contributed by atoms with Crippen LogP contribution in [0.4, 0.5) is 0 Å². The van der Waals surface area contributed by atoms with E-state index in [0.717, 1.165) is 25.2 Å². The highest BCUT2D eigenvalue weighted by molar-refractivity contribution is 5.78. The van der Waals surface area contributed by atoms with E-state index < -0.39 is 0 Å². The van der Waals surface area contributed by atoms with E-state index in [9.17, 15) is 0 Å². The maximum atomic E-state index is 6.08. The Labute approximate surface area is 120 Å². The van der Waals surface area contributed by atoms with Gasteiger partial charge in [-0.1, -0.05) is 12.8 Å². The van der Waals surface area contributed by atoms with Crippen molar-refractivity contribution in [2.75, 3.05) is 26.8 Å². The van der Waals surface area contributed by atoms with Crippen LogP contribution in [0.5, 0.6) is 0 Å². The summed E-state index contributed by atoms with van der Waals surface area (Å²) in [5, 5.41) is 4.27. The molecule has 2 heterocycles. The number of methoxy groups -OCH3 is 1. The molecule has 1 aromatic rings. The van der Waals surface area contributed by atoms with Crippen molar-refractivity contribution >= 4 is 5.96 Å². The predicted molar refractivity (Wildman–Crippen MR) is 79.5 cm³/mol. The van der Waals surface area contributed by atoms with Gasteiger partial charge in [-0.2, -0.15) is 5.10 Å². The summed E-state index contributed by atoms with van der Waals surface area (Å²) in [4.78, 5) is 6.69. The van der Waals surface area contributed by atoms with Crippen LogP contribution in [0.15, 0.2) is 17.4 Å². The van der Waals surface area contributed by atoms with Gasteiger partial charge >= 0.3 is 0 Å². The number of ether oxygens (including phenoxy) is 1. The lowest BCUT2D eigenvalue weighted by molar-refractivity contribution is 0.183. The van der Waals surface area contributed by atoms with Crippen LogP contribution in [0.3, 0.4) is 0 Å². The Bertz CT molecular complexity index is 421. The van der Waals surface area contributed by atoms with E-state index in [2.05, 4.69) is 15.0 Å². The molecule has 0 amide bonds. The number of likely N-dealkylation sites (tertiary alicyclic amines) is 1. The van der Waals surface area contributed by atoms with Crippen molar-refractivity contribution in [3.05, 3.63) is 18.0 Å². The lowest BCUT2D eigenvalue weighted by Crippen LogP contribution is -2.38. The first-order chi connectivity index (χ1) is 9.79. The van der Waals surface area contributed by atoms with Gasteiger partial charge < -0.3 is 15.4 Å². The molecule has 2 N–H and O–H groups in total. The highest BCUT2D eigenvalue weighted by Crippen LogP contribution is 2.09. The molecule has 112 valence electrons. The topological polar surface area (TPSA) is 68.7 Å². The van der Waals surface area contributed by atoms with Crippen LogP contribution in [0.25, 0.3) is 0 Å². The zero-order valence-electron chi connectivity index (χ0n) is 12.3. The molecule has 0 radical (unpaired) electrons. The van der Waals surface area contributed by atoms with Crippen LogP contribution >= 0.6 is 0 Å². The monoisotopic (exact) mass is 279 g/mol. The minimum atomic E-state index is 0.593. The minimum absolute atomic E-state index is 0.593. The number of hydrogen-bond acceptors (Lipinski definition) is 3. The first-order valence-corrected chi connectivity index (χ1v) is 7.35. The second kappa shape index (κ2) is 7.89. The molecule has 20 heavy (non-hydrogen) atoms. The first-order valence-electron chi connectivity index (χ1n) is 7.35. The SMILES string of the molecule is COCCn1cc(CN=C(N)N2CCCCCC2)cn1. The highest BCUT2D eigenvalue weighted by Gasteiger charge is 2.10. The van der Waals surface area contributed by atoms with Gasteiger partial charge in [-0.25, -0.2) is 4.99 Å². The summed E-state index contributed by atoms with van der Waals surface area (Å²) >= 11 is 0. The van der Waals surface area contributed by atoms with Gasteiger partial charge in [-0.05, 0) is 12.8 Å². The molecule has 6 heteroatoms. The van der Waals surface area contributed by atoms with Gasteiger partial charge in [0, 0.05) is 32.0 Å². The fraction of sp³-hybridized carbons (Fsp3) is 0.714. The molecule has 2 rings (SSSR count). The third-order valence-corrected chi connectivity index (χ3v) is 3.56. The fourth-order valence-corrected chi connectivity index (χ4v) is 2.37. The second-order valence-corrected chi connectivity index (χ2v) is 5.18. The van der Waals surface area contributed by atoms with Gasteiger partial charge in [0.15, 0.2) is 5.96 Å². The van der Waals surface area contributed by atoms with Gasteiger partial charge in [-0.3, -0.25) is 4.68 Å². The molecule has 0 bridgehead atoms. The van der Waals surface area contributed by atoms with Crippen molar-refractivity contribution < 1.29 is 4.74 Å². The van der Waals surface area contributed by atoms with Gasteiger partial charge in [0.2, 0.25) is 0 Å². The Balaban J connectivity index is 1.85. The smallest absolute Gasteiger partial charge is 0.191 e. The molecule has 0 atom stereocenters. The summed E-state index contributed by atoms with van der Waals surface area (Å²) in [5.74, 6) is 0.663. The Morgan fingerprint density at radius 3 is 2.80 bits per heavy atom. The Kier molecular flexibility index (Phi) is 5.86. The predicted octanol–water partition coefficient (Wildman–Crippen LogP) is 1.22. The Hall–Kier alpha value is -1.56. The summed E-state index contributed by atoms with van der Waals surface area (Å²) in [6.07, 6.45) is 8.87. The third-order valence-electron chi connectivity index (χ3n) is 3.56. The summed E-state index contributed by atoms with van der Waals surface area (Å²) in [7, 11) is 1.69. The van der Waals surface area contributed by atoms with E-state index in [4.69, 9.17) is 10.5 Å². The van der Waals surface area contributed by atoms with Gasteiger partial charge in [-0.15, -0.1) is 0 Å². The molecule has 1 aliphatic rings. The van der Waals surface area contributed by atoms with Crippen LogP contribution in [-0.2, 0) is 17.8 Å². The molecule has 0 aromatic carbocycles. The maximum absolute atomic E-state index is 6.08. The number of nitrogens with two attached hydrogens (primary N) is 1. The summed E-state index contributed by atoms with van der Waals surface area (Å²) < 4.78 is 6.90. The molecule has 0 saturated carbocycles. The lowest BCUT2D eigenvalue weighted by atomic mass is 10.2. The molecular formula is C14H25N5O. The van der Waals surface area contributed by atoms with Crippen molar-refractivity contribution in [2.45, 2.75) is 38.8 Å². The molecule has 1 saturated heterocycles. The molecule has 0 spiro atoms. The number of hydrogen-bond donors (Lipinski definition) is 1. The Morgan fingerprint density at radius 1 is 1.35 bits per heavy atom. The average molecular weight is 279 g/mol. The molecule has 1 fully saturated rings. The van der Waals surface area contributed by atoms with Crippen LogP contribution in [0, 0.1) is 0 Å². The normalized spacial score (nSPS) is 17.2. The van der Waals surface area contributed by atoms with Gasteiger partial charge in [0.1, 0.15) is 0 Å². The standard InChI is InChI=1S/C14H25N5O/c1-20-9-8-19-12-13(11-17-19)10-16-14(15)18-6-4-2-3-5-7-18/h11-12H,2-10H2,1H3,(H2,15,16). The molecule has 0 unspecified atom stereocenters. The molecular weight excluding hydrogens is 254 g/mol. The zero-order chi connectivity index (χ0) is 14.2. The van der Waals surface area contributed by atoms with Crippen molar-refractivity contribution in [2.24, 2.45) is 10.7 Å². The third kappa shape index (κ3) is 4.52.